The number of phenols is 1. The molecule has 0 radical (unpaired) electrons. The minimum absolute atomic E-state index is 0.0105. The van der Waals surface area contributed by atoms with E-state index in [1.54, 1.807) is 0 Å². The second-order valence-electron chi connectivity index (χ2n) is 4.40. The number of aromatic hydroxyl groups is 1. The third kappa shape index (κ3) is 2.69. The van der Waals surface area contributed by atoms with Crippen LogP contribution in [0.25, 0.3) is 0 Å². The van der Waals surface area contributed by atoms with Crippen molar-refractivity contribution in [2.75, 3.05) is 13.1 Å². The zero-order chi connectivity index (χ0) is 12.4. The van der Waals surface area contributed by atoms with Gasteiger partial charge in [-0.1, -0.05) is 11.6 Å². The zero-order valence-corrected chi connectivity index (χ0v) is 10.0. The van der Waals surface area contributed by atoms with Crippen molar-refractivity contribution in [2.45, 2.75) is 19.3 Å². The summed E-state index contributed by atoms with van der Waals surface area (Å²) in [5.41, 5.74) is -0.0105. The van der Waals surface area contributed by atoms with E-state index in [0.29, 0.717) is 6.42 Å². The quantitative estimate of drug-likeness (QED) is 0.803. The van der Waals surface area contributed by atoms with Gasteiger partial charge in [0.2, 0.25) is 0 Å². The van der Waals surface area contributed by atoms with Crippen molar-refractivity contribution in [1.82, 2.24) is 5.32 Å². The molecular formula is C12H14ClF2NO. The Bertz CT molecular complexity index is 393. The highest BCUT2D eigenvalue weighted by molar-refractivity contribution is 6.32. The fraction of sp³-hybridized carbons (Fsp3) is 0.500. The van der Waals surface area contributed by atoms with E-state index >= 15 is 0 Å². The minimum atomic E-state index is -1.01. The van der Waals surface area contributed by atoms with Crippen LogP contribution in [-0.4, -0.2) is 18.2 Å². The predicted molar refractivity (Wildman–Crippen MR) is 62.3 cm³/mol. The Morgan fingerprint density at radius 1 is 1.47 bits per heavy atom. The molecule has 1 heterocycles. The van der Waals surface area contributed by atoms with Crippen LogP contribution in [0.5, 0.6) is 5.75 Å². The molecule has 2 N–H and O–H groups in total. The van der Waals surface area contributed by atoms with Crippen molar-refractivity contribution in [1.29, 1.82) is 0 Å². The molecule has 0 spiro atoms. The second kappa shape index (κ2) is 5.19. The summed E-state index contributed by atoms with van der Waals surface area (Å²) in [6, 6.07) is 0.800. The number of hydrogen-bond donors (Lipinski definition) is 2. The first-order valence-corrected chi connectivity index (χ1v) is 6.03. The van der Waals surface area contributed by atoms with Crippen LogP contribution < -0.4 is 5.32 Å². The van der Waals surface area contributed by atoms with Gasteiger partial charge in [0, 0.05) is 5.56 Å². The molecule has 0 bridgehead atoms. The molecule has 0 amide bonds. The largest absolute Gasteiger partial charge is 0.506 e. The van der Waals surface area contributed by atoms with Crippen molar-refractivity contribution in [3.63, 3.8) is 0 Å². The topological polar surface area (TPSA) is 32.3 Å². The van der Waals surface area contributed by atoms with Gasteiger partial charge in [-0.15, -0.1) is 0 Å². The first-order valence-electron chi connectivity index (χ1n) is 5.65. The van der Waals surface area contributed by atoms with Crippen LogP contribution in [0.4, 0.5) is 8.78 Å². The van der Waals surface area contributed by atoms with E-state index in [2.05, 4.69) is 5.32 Å². The van der Waals surface area contributed by atoms with Gasteiger partial charge < -0.3 is 10.4 Å². The zero-order valence-electron chi connectivity index (χ0n) is 9.27. The van der Waals surface area contributed by atoms with E-state index in [0.717, 1.165) is 32.0 Å². The Balaban J connectivity index is 2.24. The second-order valence-corrected chi connectivity index (χ2v) is 4.81. The first-order chi connectivity index (χ1) is 8.09. The summed E-state index contributed by atoms with van der Waals surface area (Å²) in [6.45, 7) is 1.71. The Kier molecular flexibility index (Phi) is 3.84. The summed E-state index contributed by atoms with van der Waals surface area (Å²) < 4.78 is 26.8. The Labute approximate surface area is 104 Å². The van der Waals surface area contributed by atoms with Gasteiger partial charge in [-0.05, 0) is 44.3 Å². The number of benzene rings is 1. The van der Waals surface area contributed by atoms with E-state index in [9.17, 15) is 13.9 Å². The molecule has 1 aliphatic heterocycles. The molecule has 2 nitrogen and oxygen atoms in total. The molecule has 0 saturated carbocycles. The van der Waals surface area contributed by atoms with E-state index in [4.69, 9.17) is 11.6 Å². The van der Waals surface area contributed by atoms with Crippen molar-refractivity contribution >= 4 is 11.6 Å². The lowest BCUT2D eigenvalue weighted by atomic mass is 9.91. The molecule has 1 saturated heterocycles. The highest BCUT2D eigenvalue weighted by atomic mass is 35.5. The lowest BCUT2D eigenvalue weighted by Crippen LogP contribution is -2.31. The molecule has 1 unspecified atom stereocenters. The standard InChI is InChI=1S/C12H14ClF2NO/c13-9-5-10(14)11(15)8(12(9)17)4-7-2-1-3-16-6-7/h5,7,16-17H,1-4,6H2. The Hall–Kier alpha value is -0.870. The van der Waals surface area contributed by atoms with E-state index in [1.807, 2.05) is 0 Å². The third-order valence-corrected chi connectivity index (χ3v) is 3.42. The maximum atomic E-state index is 13.6. The fourth-order valence-corrected chi connectivity index (χ4v) is 2.42. The summed E-state index contributed by atoms with van der Waals surface area (Å²) >= 11 is 5.64. The lowest BCUT2D eigenvalue weighted by Gasteiger charge is -2.23. The third-order valence-electron chi connectivity index (χ3n) is 3.13. The predicted octanol–water partition coefficient (Wildman–Crippen LogP) is 2.87. The molecule has 1 aromatic rings. The summed E-state index contributed by atoms with van der Waals surface area (Å²) in [5, 5.41) is 12.7. The van der Waals surface area contributed by atoms with Crippen molar-refractivity contribution < 1.29 is 13.9 Å². The van der Waals surface area contributed by atoms with Gasteiger partial charge in [0.1, 0.15) is 5.75 Å². The van der Waals surface area contributed by atoms with Gasteiger partial charge in [-0.25, -0.2) is 8.78 Å². The molecule has 0 aliphatic carbocycles. The molecule has 1 aliphatic rings. The highest BCUT2D eigenvalue weighted by Gasteiger charge is 2.22. The molecule has 1 atom stereocenters. The fourth-order valence-electron chi connectivity index (χ4n) is 2.21. The summed E-state index contributed by atoms with van der Waals surface area (Å²) in [5.74, 6) is -2.12. The first kappa shape index (κ1) is 12.6. The number of phenolic OH excluding ortho intramolecular Hbond substituents is 1. The Morgan fingerprint density at radius 3 is 2.88 bits per heavy atom. The highest BCUT2D eigenvalue weighted by Crippen LogP contribution is 2.33. The van der Waals surface area contributed by atoms with Crippen molar-refractivity contribution in [3.8, 4) is 5.75 Å². The Morgan fingerprint density at radius 2 is 2.24 bits per heavy atom. The van der Waals surface area contributed by atoms with Gasteiger partial charge in [-0.2, -0.15) is 0 Å². The van der Waals surface area contributed by atoms with Crippen LogP contribution in [-0.2, 0) is 6.42 Å². The number of halogens is 3. The SMILES string of the molecule is Oc1c(Cl)cc(F)c(F)c1CC1CCCNC1. The number of rotatable bonds is 2. The van der Waals surface area contributed by atoms with Crippen LogP contribution >= 0.6 is 11.6 Å². The number of piperidine rings is 1. The molecule has 2 rings (SSSR count). The van der Waals surface area contributed by atoms with Crippen molar-refractivity contribution in [2.24, 2.45) is 5.92 Å². The van der Waals surface area contributed by atoms with Gasteiger partial charge >= 0.3 is 0 Å². The minimum Gasteiger partial charge on any atom is -0.506 e. The monoisotopic (exact) mass is 261 g/mol. The summed E-state index contributed by atoms with van der Waals surface area (Å²) in [6.07, 6.45) is 2.26. The van der Waals surface area contributed by atoms with Crippen LogP contribution in [0, 0.1) is 17.6 Å². The van der Waals surface area contributed by atoms with E-state index in [-0.39, 0.29) is 22.3 Å². The van der Waals surface area contributed by atoms with Gasteiger partial charge in [0.15, 0.2) is 11.6 Å². The van der Waals surface area contributed by atoms with Gasteiger partial charge in [-0.3, -0.25) is 0 Å². The van der Waals surface area contributed by atoms with Crippen LogP contribution in [0.15, 0.2) is 6.07 Å². The molecule has 17 heavy (non-hydrogen) atoms. The lowest BCUT2D eigenvalue weighted by molar-refractivity contribution is 0.360. The molecular weight excluding hydrogens is 248 g/mol. The molecule has 5 heteroatoms. The maximum absolute atomic E-state index is 13.6. The number of nitrogens with one attached hydrogen (secondary N) is 1. The molecule has 0 aromatic heterocycles. The number of hydrogen-bond acceptors (Lipinski definition) is 2. The normalized spacial score (nSPS) is 20.5. The summed E-state index contributed by atoms with van der Waals surface area (Å²) in [7, 11) is 0. The molecule has 1 fully saturated rings. The summed E-state index contributed by atoms with van der Waals surface area (Å²) in [4.78, 5) is 0. The average Bonchev–Trinajstić information content (AvgIpc) is 2.33. The van der Waals surface area contributed by atoms with E-state index < -0.39 is 11.6 Å². The maximum Gasteiger partial charge on any atom is 0.165 e. The smallest absolute Gasteiger partial charge is 0.165 e. The van der Waals surface area contributed by atoms with Crippen LogP contribution in [0.3, 0.4) is 0 Å². The molecule has 1 aromatic carbocycles. The van der Waals surface area contributed by atoms with Crippen LogP contribution in [0.2, 0.25) is 5.02 Å². The molecule has 94 valence electrons. The van der Waals surface area contributed by atoms with Gasteiger partial charge in [0.25, 0.3) is 0 Å². The van der Waals surface area contributed by atoms with Gasteiger partial charge in [0.05, 0.1) is 5.02 Å². The van der Waals surface area contributed by atoms with E-state index in [1.165, 1.54) is 0 Å². The van der Waals surface area contributed by atoms with Crippen LogP contribution in [0.1, 0.15) is 18.4 Å². The average molecular weight is 262 g/mol. The van der Waals surface area contributed by atoms with Crippen molar-refractivity contribution in [3.05, 3.63) is 28.3 Å².